The summed E-state index contributed by atoms with van der Waals surface area (Å²) in [5.74, 6) is 0.884. The highest BCUT2D eigenvalue weighted by Crippen LogP contribution is 2.23. The quantitative estimate of drug-likeness (QED) is 0.661. The van der Waals surface area contributed by atoms with Crippen LogP contribution in [-0.4, -0.2) is 57.9 Å². The molecule has 0 unspecified atom stereocenters. The summed E-state index contributed by atoms with van der Waals surface area (Å²) in [4.78, 5) is 9.53. The first kappa shape index (κ1) is 18.7. The van der Waals surface area contributed by atoms with Crippen LogP contribution in [0.5, 0.6) is 5.75 Å². The van der Waals surface area contributed by atoms with E-state index in [9.17, 15) is 0 Å². The number of rotatable bonds is 6. The highest BCUT2D eigenvalue weighted by molar-refractivity contribution is 5.45. The van der Waals surface area contributed by atoms with E-state index in [1.54, 1.807) is 7.11 Å². The van der Waals surface area contributed by atoms with Crippen molar-refractivity contribution in [2.45, 2.75) is 20.0 Å². The van der Waals surface area contributed by atoms with Crippen molar-refractivity contribution in [2.24, 2.45) is 0 Å². The van der Waals surface area contributed by atoms with E-state index in [1.807, 2.05) is 41.5 Å². The maximum absolute atomic E-state index is 5.45. The number of aryl methyl sites for hydroxylation is 1. The SMILES string of the molecule is COc1ccc(-n2cccn2)c(CN2CCN(Cc3ncccc3C)CC2)c1. The molecule has 3 heterocycles. The van der Waals surface area contributed by atoms with Crippen LogP contribution in [0.1, 0.15) is 16.8 Å². The minimum Gasteiger partial charge on any atom is -0.497 e. The zero-order valence-electron chi connectivity index (χ0n) is 16.6. The Morgan fingerprint density at radius 2 is 1.75 bits per heavy atom. The normalized spacial score (nSPS) is 15.6. The second-order valence-electron chi connectivity index (χ2n) is 7.26. The fraction of sp³-hybridized carbons (Fsp3) is 0.364. The Bertz CT molecular complexity index is 901. The molecule has 1 aromatic carbocycles. The van der Waals surface area contributed by atoms with Gasteiger partial charge in [0.15, 0.2) is 0 Å². The number of piperazine rings is 1. The first-order valence-electron chi connectivity index (χ1n) is 9.75. The Morgan fingerprint density at radius 1 is 0.964 bits per heavy atom. The van der Waals surface area contributed by atoms with Crippen molar-refractivity contribution in [3.63, 3.8) is 0 Å². The van der Waals surface area contributed by atoms with Gasteiger partial charge in [-0.15, -0.1) is 0 Å². The molecule has 0 radical (unpaired) electrons. The zero-order valence-corrected chi connectivity index (χ0v) is 16.6. The second kappa shape index (κ2) is 8.54. The molecule has 0 bridgehead atoms. The van der Waals surface area contributed by atoms with Gasteiger partial charge in [0.2, 0.25) is 0 Å². The molecule has 1 fully saturated rings. The highest BCUT2D eigenvalue weighted by atomic mass is 16.5. The minimum absolute atomic E-state index is 0.884. The van der Waals surface area contributed by atoms with Gasteiger partial charge in [0.05, 0.1) is 18.5 Å². The second-order valence-corrected chi connectivity index (χ2v) is 7.26. The van der Waals surface area contributed by atoms with Gasteiger partial charge in [0, 0.05) is 57.9 Å². The number of benzene rings is 1. The van der Waals surface area contributed by atoms with E-state index in [-0.39, 0.29) is 0 Å². The molecule has 0 atom stereocenters. The van der Waals surface area contributed by atoms with Crippen molar-refractivity contribution >= 4 is 0 Å². The van der Waals surface area contributed by atoms with Crippen LogP contribution < -0.4 is 4.74 Å². The van der Waals surface area contributed by atoms with E-state index in [0.29, 0.717) is 0 Å². The molecule has 0 saturated carbocycles. The number of aromatic nitrogens is 3. The summed E-state index contributed by atoms with van der Waals surface area (Å²) < 4.78 is 7.37. The van der Waals surface area contributed by atoms with Crippen LogP contribution in [0, 0.1) is 6.92 Å². The zero-order chi connectivity index (χ0) is 19.3. The van der Waals surface area contributed by atoms with E-state index >= 15 is 0 Å². The molecule has 1 aliphatic heterocycles. The van der Waals surface area contributed by atoms with E-state index in [4.69, 9.17) is 4.74 Å². The molecule has 0 spiro atoms. The summed E-state index contributed by atoms with van der Waals surface area (Å²) in [6.07, 6.45) is 5.68. The Morgan fingerprint density at radius 3 is 2.43 bits per heavy atom. The van der Waals surface area contributed by atoms with Crippen molar-refractivity contribution in [3.05, 3.63) is 71.8 Å². The fourth-order valence-electron chi connectivity index (χ4n) is 3.69. The van der Waals surface area contributed by atoms with E-state index in [0.717, 1.165) is 50.7 Å². The molecule has 1 aliphatic rings. The first-order chi connectivity index (χ1) is 13.7. The van der Waals surface area contributed by atoms with Crippen molar-refractivity contribution in [1.29, 1.82) is 0 Å². The van der Waals surface area contributed by atoms with Gasteiger partial charge in [-0.2, -0.15) is 5.10 Å². The van der Waals surface area contributed by atoms with Crippen LogP contribution in [0.2, 0.25) is 0 Å². The molecule has 0 amide bonds. The maximum Gasteiger partial charge on any atom is 0.119 e. The van der Waals surface area contributed by atoms with Crippen molar-refractivity contribution in [3.8, 4) is 11.4 Å². The van der Waals surface area contributed by atoms with Crippen molar-refractivity contribution < 1.29 is 4.74 Å². The minimum atomic E-state index is 0.884. The average Bonchev–Trinajstić information content (AvgIpc) is 3.26. The topological polar surface area (TPSA) is 46.4 Å². The number of ether oxygens (including phenoxy) is 1. The summed E-state index contributed by atoms with van der Waals surface area (Å²) in [7, 11) is 1.71. The number of methoxy groups -OCH3 is 1. The third-order valence-corrected chi connectivity index (χ3v) is 5.39. The number of pyridine rings is 1. The monoisotopic (exact) mass is 377 g/mol. The molecule has 6 heteroatoms. The van der Waals surface area contributed by atoms with Crippen molar-refractivity contribution in [2.75, 3.05) is 33.3 Å². The summed E-state index contributed by atoms with van der Waals surface area (Å²) in [5.41, 5.74) is 4.80. The average molecular weight is 377 g/mol. The van der Waals surface area contributed by atoms with Crippen LogP contribution in [0.25, 0.3) is 5.69 Å². The number of nitrogens with zero attached hydrogens (tertiary/aromatic N) is 5. The van der Waals surface area contributed by atoms with Crippen LogP contribution in [0.4, 0.5) is 0 Å². The highest BCUT2D eigenvalue weighted by Gasteiger charge is 2.19. The standard InChI is InChI=1S/C22H27N5O/c1-18-5-3-8-23-21(18)17-26-13-11-25(12-14-26)16-19-15-20(28-2)6-7-22(19)27-10-4-9-24-27/h3-10,15H,11-14,16-17H2,1-2H3. The molecule has 28 heavy (non-hydrogen) atoms. The van der Waals surface area contributed by atoms with Gasteiger partial charge < -0.3 is 4.74 Å². The lowest BCUT2D eigenvalue weighted by Gasteiger charge is -2.35. The molecule has 6 nitrogen and oxygen atoms in total. The van der Waals surface area contributed by atoms with Gasteiger partial charge in [0.1, 0.15) is 5.75 Å². The Labute approximate surface area is 166 Å². The summed E-state index contributed by atoms with van der Waals surface area (Å²) in [6.45, 7) is 8.15. The molecule has 4 rings (SSSR count). The largest absolute Gasteiger partial charge is 0.497 e. The van der Waals surface area contributed by atoms with E-state index in [1.165, 1.54) is 16.8 Å². The molecule has 2 aromatic heterocycles. The Balaban J connectivity index is 1.41. The van der Waals surface area contributed by atoms with Gasteiger partial charge in [0.25, 0.3) is 0 Å². The fourth-order valence-corrected chi connectivity index (χ4v) is 3.69. The molecular weight excluding hydrogens is 350 g/mol. The molecule has 0 aliphatic carbocycles. The van der Waals surface area contributed by atoms with E-state index < -0.39 is 0 Å². The van der Waals surface area contributed by atoms with Gasteiger partial charge >= 0.3 is 0 Å². The lowest BCUT2D eigenvalue weighted by atomic mass is 10.1. The number of hydrogen-bond acceptors (Lipinski definition) is 5. The lowest BCUT2D eigenvalue weighted by Crippen LogP contribution is -2.45. The predicted octanol–water partition coefficient (Wildman–Crippen LogP) is 2.90. The third-order valence-electron chi connectivity index (χ3n) is 5.39. The smallest absolute Gasteiger partial charge is 0.119 e. The lowest BCUT2D eigenvalue weighted by molar-refractivity contribution is 0.120. The predicted molar refractivity (Wildman–Crippen MR) is 110 cm³/mol. The van der Waals surface area contributed by atoms with Crippen LogP contribution >= 0.6 is 0 Å². The molecule has 146 valence electrons. The van der Waals surface area contributed by atoms with Crippen molar-refractivity contribution in [1.82, 2.24) is 24.6 Å². The van der Waals surface area contributed by atoms with Gasteiger partial charge in [-0.3, -0.25) is 14.8 Å². The molecule has 3 aromatic rings. The first-order valence-corrected chi connectivity index (χ1v) is 9.75. The van der Waals surface area contributed by atoms with Gasteiger partial charge in [-0.05, 0) is 48.4 Å². The molecule has 1 saturated heterocycles. The van der Waals surface area contributed by atoms with Gasteiger partial charge in [-0.25, -0.2) is 4.68 Å². The molecular formula is C22H27N5O. The Kier molecular flexibility index (Phi) is 5.69. The number of hydrogen-bond donors (Lipinski definition) is 0. The van der Waals surface area contributed by atoms with E-state index in [2.05, 4.69) is 45.0 Å². The molecule has 0 N–H and O–H groups in total. The summed E-state index contributed by atoms with van der Waals surface area (Å²) >= 11 is 0. The summed E-state index contributed by atoms with van der Waals surface area (Å²) in [5, 5.41) is 4.41. The van der Waals surface area contributed by atoms with Crippen LogP contribution in [-0.2, 0) is 13.1 Å². The van der Waals surface area contributed by atoms with Gasteiger partial charge in [-0.1, -0.05) is 6.07 Å². The Hall–Kier alpha value is -2.70. The van der Waals surface area contributed by atoms with Crippen LogP contribution in [0.3, 0.4) is 0 Å². The summed E-state index contributed by atoms with van der Waals surface area (Å²) in [6, 6.07) is 12.3. The maximum atomic E-state index is 5.45. The van der Waals surface area contributed by atoms with Crippen LogP contribution in [0.15, 0.2) is 55.0 Å². The third kappa shape index (κ3) is 4.24.